The van der Waals surface area contributed by atoms with Crippen molar-refractivity contribution in [2.75, 3.05) is 24.5 Å². The van der Waals surface area contributed by atoms with Gasteiger partial charge in [0.1, 0.15) is 0 Å². The lowest BCUT2D eigenvalue weighted by Gasteiger charge is -2.49. The van der Waals surface area contributed by atoms with Crippen molar-refractivity contribution in [3.05, 3.63) is 30.3 Å². The first-order valence-corrected chi connectivity index (χ1v) is 10.5. The van der Waals surface area contributed by atoms with Gasteiger partial charge in [0.05, 0.1) is 11.6 Å². The number of nitrogens with zero attached hydrogens (tertiary/aromatic N) is 2. The number of likely N-dealkylation sites (tertiary alicyclic amines) is 1. The van der Waals surface area contributed by atoms with Crippen molar-refractivity contribution < 1.29 is 5.11 Å². The van der Waals surface area contributed by atoms with Crippen LogP contribution in [0.15, 0.2) is 30.3 Å². The zero-order valence-electron chi connectivity index (χ0n) is 15.6. The molecule has 2 aliphatic heterocycles. The molecule has 3 heteroatoms. The van der Waals surface area contributed by atoms with Crippen molar-refractivity contribution in [2.45, 2.75) is 81.9 Å². The molecule has 3 nitrogen and oxygen atoms in total. The van der Waals surface area contributed by atoms with Crippen LogP contribution in [0.1, 0.15) is 64.2 Å². The van der Waals surface area contributed by atoms with Crippen molar-refractivity contribution in [3.63, 3.8) is 0 Å². The van der Waals surface area contributed by atoms with Crippen LogP contribution < -0.4 is 4.90 Å². The van der Waals surface area contributed by atoms with E-state index in [0.29, 0.717) is 0 Å². The molecule has 3 aliphatic rings. The van der Waals surface area contributed by atoms with Crippen molar-refractivity contribution in [2.24, 2.45) is 0 Å². The summed E-state index contributed by atoms with van der Waals surface area (Å²) in [5.41, 5.74) is 1.26. The fraction of sp³-hybridized carbons (Fsp3) is 0.727. The Labute approximate surface area is 153 Å². The molecule has 0 bridgehead atoms. The van der Waals surface area contributed by atoms with Crippen LogP contribution >= 0.6 is 0 Å². The van der Waals surface area contributed by atoms with Gasteiger partial charge in [-0.05, 0) is 44.2 Å². The molecule has 138 valence electrons. The molecule has 0 aromatic heterocycles. The summed E-state index contributed by atoms with van der Waals surface area (Å²) < 4.78 is 0. The van der Waals surface area contributed by atoms with Gasteiger partial charge in [-0.3, -0.25) is 0 Å². The van der Waals surface area contributed by atoms with Crippen molar-refractivity contribution in [3.8, 4) is 0 Å². The van der Waals surface area contributed by atoms with E-state index in [4.69, 9.17) is 0 Å². The molecule has 2 heterocycles. The Kier molecular flexibility index (Phi) is 5.33. The number of aliphatic hydroxyl groups excluding tert-OH is 1. The Hall–Kier alpha value is -1.06. The maximum atomic E-state index is 10.9. The lowest BCUT2D eigenvalue weighted by atomic mass is 9.81. The molecule has 1 saturated carbocycles. The molecule has 1 aromatic rings. The summed E-state index contributed by atoms with van der Waals surface area (Å²) in [6.07, 6.45) is 12.8. The van der Waals surface area contributed by atoms with E-state index in [9.17, 15) is 5.11 Å². The highest BCUT2D eigenvalue weighted by molar-refractivity contribution is 5.51. The van der Waals surface area contributed by atoms with E-state index in [1.165, 1.54) is 50.6 Å². The number of anilines is 1. The quantitative estimate of drug-likeness (QED) is 0.872. The number of benzene rings is 1. The van der Waals surface area contributed by atoms with E-state index in [1.54, 1.807) is 0 Å². The molecule has 1 spiro atoms. The third-order valence-corrected chi connectivity index (χ3v) is 7.11. The fourth-order valence-corrected chi connectivity index (χ4v) is 5.60. The summed E-state index contributed by atoms with van der Waals surface area (Å²) in [6.45, 7) is 3.31. The van der Waals surface area contributed by atoms with E-state index in [-0.39, 0.29) is 11.6 Å². The Morgan fingerprint density at radius 3 is 2.12 bits per heavy atom. The molecule has 1 unspecified atom stereocenters. The lowest BCUT2D eigenvalue weighted by molar-refractivity contribution is 0.0366. The third-order valence-electron chi connectivity index (χ3n) is 7.11. The van der Waals surface area contributed by atoms with Crippen molar-refractivity contribution in [1.82, 2.24) is 4.90 Å². The molecule has 1 atom stereocenters. The van der Waals surface area contributed by atoms with Gasteiger partial charge in [-0.2, -0.15) is 0 Å². The summed E-state index contributed by atoms with van der Waals surface area (Å²) in [5, 5.41) is 10.9. The maximum Gasteiger partial charge on any atom is 0.0789 e. The lowest BCUT2D eigenvalue weighted by Crippen LogP contribution is -2.58. The van der Waals surface area contributed by atoms with Crippen molar-refractivity contribution in [1.29, 1.82) is 0 Å². The monoisotopic (exact) mass is 342 g/mol. The van der Waals surface area contributed by atoms with Crippen LogP contribution in [0.25, 0.3) is 0 Å². The molecule has 25 heavy (non-hydrogen) atoms. The Bertz CT molecular complexity index is 530. The number of hydrogen-bond donors (Lipinski definition) is 1. The number of rotatable bonds is 2. The predicted molar refractivity (Wildman–Crippen MR) is 104 cm³/mol. The largest absolute Gasteiger partial charge is 0.391 e. The zero-order valence-corrected chi connectivity index (χ0v) is 15.6. The summed E-state index contributed by atoms with van der Waals surface area (Å²) in [5.74, 6) is 0. The molecule has 0 amide bonds. The van der Waals surface area contributed by atoms with Gasteiger partial charge in [-0.1, -0.05) is 50.3 Å². The molecule has 1 aromatic carbocycles. The molecular weight excluding hydrogens is 308 g/mol. The number of hydrogen-bond acceptors (Lipinski definition) is 3. The second kappa shape index (κ2) is 7.67. The standard InChI is InChI=1S/C22H34N2O/c25-21-13-16-24(20-11-7-4-8-12-20)22(21)14-17-23(18-15-22)19-9-5-2-1-3-6-10-19/h4,7-8,11-12,19,21,25H,1-3,5-6,9-10,13-18H2. The van der Waals surface area contributed by atoms with Crippen LogP contribution in [0, 0.1) is 0 Å². The van der Waals surface area contributed by atoms with E-state index in [2.05, 4.69) is 40.1 Å². The van der Waals surface area contributed by atoms with E-state index >= 15 is 0 Å². The van der Waals surface area contributed by atoms with Gasteiger partial charge in [0, 0.05) is 31.4 Å². The van der Waals surface area contributed by atoms with Crippen LogP contribution in [0.2, 0.25) is 0 Å². The van der Waals surface area contributed by atoms with Crippen LogP contribution in [-0.2, 0) is 0 Å². The Morgan fingerprint density at radius 1 is 0.800 bits per heavy atom. The number of aliphatic hydroxyl groups is 1. The van der Waals surface area contributed by atoms with Crippen LogP contribution in [0.4, 0.5) is 5.69 Å². The van der Waals surface area contributed by atoms with Gasteiger partial charge in [0.25, 0.3) is 0 Å². The van der Waals surface area contributed by atoms with E-state index < -0.39 is 0 Å². The smallest absolute Gasteiger partial charge is 0.0789 e. The number of piperidine rings is 1. The summed E-state index contributed by atoms with van der Waals surface area (Å²) in [7, 11) is 0. The summed E-state index contributed by atoms with van der Waals surface area (Å²) in [6, 6.07) is 11.5. The first-order chi connectivity index (χ1) is 12.3. The molecule has 1 N–H and O–H groups in total. The molecule has 2 saturated heterocycles. The topological polar surface area (TPSA) is 26.7 Å². The molecule has 3 fully saturated rings. The Balaban J connectivity index is 1.45. The predicted octanol–water partition coefficient (Wildman–Crippen LogP) is 4.21. The first-order valence-electron chi connectivity index (χ1n) is 10.5. The molecule has 0 radical (unpaired) electrons. The second-order valence-corrected chi connectivity index (χ2v) is 8.43. The van der Waals surface area contributed by atoms with Gasteiger partial charge in [0.15, 0.2) is 0 Å². The van der Waals surface area contributed by atoms with Crippen LogP contribution in [0.5, 0.6) is 0 Å². The minimum absolute atomic E-state index is 0.0283. The molecule has 4 rings (SSSR count). The highest BCUT2D eigenvalue weighted by Crippen LogP contribution is 2.42. The average molecular weight is 343 g/mol. The second-order valence-electron chi connectivity index (χ2n) is 8.43. The fourth-order valence-electron chi connectivity index (χ4n) is 5.60. The third kappa shape index (κ3) is 3.46. The highest BCUT2D eigenvalue weighted by atomic mass is 16.3. The highest BCUT2D eigenvalue weighted by Gasteiger charge is 2.50. The van der Waals surface area contributed by atoms with E-state index in [1.807, 2.05) is 0 Å². The van der Waals surface area contributed by atoms with Crippen LogP contribution in [-0.4, -0.2) is 47.3 Å². The summed E-state index contributed by atoms with van der Waals surface area (Å²) in [4.78, 5) is 5.28. The SMILES string of the molecule is OC1CCN(c2ccccc2)C12CCN(C1CCCCCCC1)CC2. The van der Waals surface area contributed by atoms with E-state index in [0.717, 1.165) is 44.9 Å². The summed E-state index contributed by atoms with van der Waals surface area (Å²) >= 11 is 0. The van der Waals surface area contributed by atoms with Gasteiger partial charge in [-0.15, -0.1) is 0 Å². The van der Waals surface area contributed by atoms with Gasteiger partial charge < -0.3 is 14.9 Å². The average Bonchev–Trinajstić information content (AvgIpc) is 2.93. The van der Waals surface area contributed by atoms with Gasteiger partial charge >= 0.3 is 0 Å². The van der Waals surface area contributed by atoms with Crippen LogP contribution in [0.3, 0.4) is 0 Å². The van der Waals surface area contributed by atoms with Gasteiger partial charge in [-0.25, -0.2) is 0 Å². The Morgan fingerprint density at radius 2 is 1.44 bits per heavy atom. The molecule has 1 aliphatic carbocycles. The minimum atomic E-state index is -0.174. The van der Waals surface area contributed by atoms with Gasteiger partial charge in [0.2, 0.25) is 0 Å². The molecular formula is C22H34N2O. The number of para-hydroxylation sites is 1. The zero-order chi connectivity index (χ0) is 17.1. The van der Waals surface area contributed by atoms with Crippen molar-refractivity contribution >= 4 is 5.69 Å². The normalized spacial score (nSPS) is 28.8. The maximum absolute atomic E-state index is 10.9. The first kappa shape index (κ1) is 17.4. The minimum Gasteiger partial charge on any atom is -0.391 e.